The summed E-state index contributed by atoms with van der Waals surface area (Å²) in [6, 6.07) is 0. The second-order valence-corrected chi connectivity index (χ2v) is 8.92. The molecule has 0 spiro atoms. The molecule has 0 aliphatic heterocycles. The van der Waals surface area contributed by atoms with Crippen LogP contribution in [0, 0.1) is 82.7 Å². The van der Waals surface area contributed by atoms with Crippen molar-refractivity contribution in [3.8, 4) is 82.7 Å². The van der Waals surface area contributed by atoms with Gasteiger partial charge in [0.05, 0.1) is 13.2 Å². The molecule has 0 unspecified atom stereocenters. The Morgan fingerprint density at radius 3 is 1.70 bits per heavy atom. The van der Waals surface area contributed by atoms with Gasteiger partial charge in [0.15, 0.2) is 5.12 Å². The second kappa shape index (κ2) is 33.3. The van der Waals surface area contributed by atoms with Crippen LogP contribution in [0.4, 0.5) is 0 Å². The zero-order valence-corrected chi connectivity index (χ0v) is 24.3. The van der Waals surface area contributed by atoms with Crippen LogP contribution < -0.4 is 0 Å². The predicted octanol–water partition coefficient (Wildman–Crippen LogP) is 6.75. The molecule has 0 aromatic rings. The number of carbonyl (C=O) groups excluding carboxylic acids is 2. The highest BCUT2D eigenvalue weighted by Crippen LogP contribution is 2.11. The van der Waals surface area contributed by atoms with Gasteiger partial charge in [0, 0.05) is 40.8 Å². The largest absolute Gasteiger partial charge is 0.457 e. The Hall–Kier alpha value is -3.71. The quantitative estimate of drug-likeness (QED) is 0.0897. The lowest BCUT2D eigenvalue weighted by atomic mass is 10.1. The zero-order valence-electron chi connectivity index (χ0n) is 23.5. The van der Waals surface area contributed by atoms with Gasteiger partial charge in [-0.05, 0) is 82.7 Å². The first kappa shape index (κ1) is 38.4. The molecule has 0 fully saturated rings. The Morgan fingerprint density at radius 2 is 1.25 bits per heavy atom. The first-order valence-corrected chi connectivity index (χ1v) is 13.9. The number of aliphatic hydroxyl groups is 2. The van der Waals surface area contributed by atoms with E-state index in [0.717, 1.165) is 31.0 Å². The van der Waals surface area contributed by atoms with Crippen molar-refractivity contribution in [3.63, 3.8) is 0 Å². The van der Waals surface area contributed by atoms with Gasteiger partial charge < -0.3 is 19.7 Å². The Kier molecular flexibility index (Phi) is 32.0. The van der Waals surface area contributed by atoms with Gasteiger partial charge in [-0.2, -0.15) is 0 Å². The van der Waals surface area contributed by atoms with Crippen LogP contribution in [0.3, 0.4) is 0 Å². The van der Waals surface area contributed by atoms with Crippen LogP contribution in [0.25, 0.3) is 0 Å². The Labute approximate surface area is 261 Å². The second-order valence-electron chi connectivity index (χ2n) is 7.94. The van der Waals surface area contributed by atoms with Gasteiger partial charge in [-0.15, -0.1) is 6.42 Å². The van der Waals surface area contributed by atoms with Gasteiger partial charge in [-0.1, -0.05) is 64.7 Å². The lowest BCUT2D eigenvalue weighted by molar-refractivity contribution is -0.157. The Bertz CT molecular complexity index is 1170. The van der Waals surface area contributed by atoms with Crippen molar-refractivity contribution in [2.75, 3.05) is 20.0 Å². The fourth-order valence-electron chi connectivity index (χ4n) is 2.75. The highest BCUT2D eigenvalue weighted by molar-refractivity contribution is 8.17. The standard InChI is InChI=1S/C17H34O5.C16H4OS.11H2/c1-2-3-4-5-6-7-8-9-10-11-12-17(20)22-16(13-18)14-21-15-19;1-3-4-5-6-7-8-9-10-11-12-13-14-15-18-16(2)17;;;;;;;;;;;/h16,18-19H,2-15H2,1H3;1H,2H3;11*1H/t16-;;;;;;;;;;;;/m1............/s1. The molecule has 1 atom stereocenters. The minimum absolute atomic E-state index is 0. The molecule has 0 radical (unpaired) electrons. The van der Waals surface area contributed by atoms with E-state index in [0.29, 0.717) is 6.42 Å². The third kappa shape index (κ3) is 34.3. The van der Waals surface area contributed by atoms with Gasteiger partial charge >= 0.3 is 5.97 Å². The summed E-state index contributed by atoms with van der Waals surface area (Å²) in [5, 5.41) is 19.9. The van der Waals surface area contributed by atoms with Crippen LogP contribution in [0.15, 0.2) is 0 Å². The zero-order chi connectivity index (χ0) is 29.9. The molecule has 0 bridgehead atoms. The van der Waals surface area contributed by atoms with Crippen LogP contribution in [0.2, 0.25) is 0 Å². The van der Waals surface area contributed by atoms with Gasteiger partial charge in [0.1, 0.15) is 12.9 Å². The number of aliphatic hydroxyl groups excluding tert-OH is 2. The molecule has 0 saturated heterocycles. The van der Waals surface area contributed by atoms with Crippen LogP contribution in [0.5, 0.6) is 0 Å². The highest BCUT2D eigenvalue weighted by atomic mass is 32.2. The average molecular weight is 585 g/mol. The lowest BCUT2D eigenvalue weighted by Gasteiger charge is -2.14. The highest BCUT2D eigenvalue weighted by Gasteiger charge is 2.13. The predicted molar refractivity (Wildman–Crippen MR) is 183 cm³/mol. The molecule has 0 amide bonds. The topological polar surface area (TPSA) is 93.1 Å². The molecular formula is C33H60O6S. The smallest absolute Gasteiger partial charge is 0.306 e. The van der Waals surface area contributed by atoms with E-state index in [4.69, 9.17) is 26.1 Å². The lowest BCUT2D eigenvalue weighted by Crippen LogP contribution is -2.27. The summed E-state index contributed by atoms with van der Waals surface area (Å²) in [4.78, 5) is 22.0. The molecule has 6 nitrogen and oxygen atoms in total. The number of carbonyl (C=O) groups is 2. The fraction of sp³-hybridized carbons (Fsp3) is 0.515. The number of terminal acetylenes is 1. The van der Waals surface area contributed by atoms with Crippen LogP contribution in [0.1, 0.15) is 100 Å². The maximum Gasteiger partial charge on any atom is 0.306 e. The van der Waals surface area contributed by atoms with E-state index >= 15 is 0 Å². The summed E-state index contributed by atoms with van der Waals surface area (Å²) in [5.74, 6) is 28.6. The van der Waals surface area contributed by atoms with E-state index in [9.17, 15) is 9.59 Å². The van der Waals surface area contributed by atoms with Crippen molar-refractivity contribution in [1.29, 1.82) is 0 Å². The van der Waals surface area contributed by atoms with Crippen molar-refractivity contribution in [3.05, 3.63) is 0 Å². The van der Waals surface area contributed by atoms with Crippen LogP contribution >= 0.6 is 11.8 Å². The minimum atomic E-state index is -0.678. The van der Waals surface area contributed by atoms with Crippen molar-refractivity contribution in [2.45, 2.75) is 90.6 Å². The minimum Gasteiger partial charge on any atom is -0.457 e. The summed E-state index contributed by atoms with van der Waals surface area (Å²) in [7, 11) is 0. The molecule has 2 N–H and O–H groups in total. The molecule has 40 heavy (non-hydrogen) atoms. The van der Waals surface area contributed by atoms with Crippen molar-refractivity contribution in [2.24, 2.45) is 0 Å². The summed E-state index contributed by atoms with van der Waals surface area (Å²) in [6.07, 6.45) is 16.8. The summed E-state index contributed by atoms with van der Waals surface area (Å²) < 4.78 is 9.77. The van der Waals surface area contributed by atoms with Gasteiger partial charge in [0.25, 0.3) is 0 Å². The monoisotopic (exact) mass is 584 g/mol. The Morgan fingerprint density at radius 1 is 0.775 bits per heavy atom. The number of thioether (sulfide) groups is 1. The van der Waals surface area contributed by atoms with Gasteiger partial charge in [-0.3, -0.25) is 9.59 Å². The molecule has 0 heterocycles. The van der Waals surface area contributed by atoms with Crippen LogP contribution in [-0.2, 0) is 19.1 Å². The third-order valence-corrected chi connectivity index (χ3v) is 5.07. The number of ether oxygens (including phenoxy) is 2. The molecule has 0 aliphatic carbocycles. The summed E-state index contributed by atoms with van der Waals surface area (Å²) in [6.45, 7) is 2.96. The van der Waals surface area contributed by atoms with E-state index < -0.39 is 12.9 Å². The van der Waals surface area contributed by atoms with Gasteiger partial charge in [0.2, 0.25) is 0 Å². The molecule has 0 saturated carbocycles. The van der Waals surface area contributed by atoms with Crippen molar-refractivity contribution >= 4 is 22.8 Å². The molecule has 0 aromatic carbocycles. The maximum atomic E-state index is 11.6. The first-order valence-electron chi connectivity index (χ1n) is 13.1. The number of esters is 1. The normalized spacial score (nSPS) is 8.97. The molecular weight excluding hydrogens is 524 g/mol. The van der Waals surface area contributed by atoms with E-state index in [-0.39, 0.29) is 40.0 Å². The SMILES string of the molecule is C#CC#CC#CC#CC#CC#CC#CSC(C)=O.CCCCCCCCCCCCC(=O)O[C@H](CO)COCO.[HH].[HH].[HH].[HH].[HH].[HH].[HH].[HH].[HH].[HH].[HH]. The number of hydrogen-bond donors (Lipinski definition) is 2. The van der Waals surface area contributed by atoms with Crippen molar-refractivity contribution in [1.82, 2.24) is 0 Å². The van der Waals surface area contributed by atoms with Gasteiger partial charge in [-0.25, -0.2) is 0 Å². The maximum absolute atomic E-state index is 11.6. The summed E-state index contributed by atoms with van der Waals surface area (Å²) in [5.41, 5.74) is 0. The Balaban J connectivity index is -0.0000000428. The average Bonchev–Trinajstić information content (AvgIpc) is 2.94. The summed E-state index contributed by atoms with van der Waals surface area (Å²) >= 11 is 0.889. The van der Waals surface area contributed by atoms with E-state index in [1.165, 1.54) is 51.9 Å². The molecule has 0 aliphatic rings. The van der Waals surface area contributed by atoms with E-state index in [1.807, 2.05) is 0 Å². The fourth-order valence-corrected chi connectivity index (χ4v) is 3.00. The van der Waals surface area contributed by atoms with Crippen molar-refractivity contribution < 1.29 is 45.0 Å². The molecule has 234 valence electrons. The number of hydrogen-bond acceptors (Lipinski definition) is 7. The van der Waals surface area contributed by atoms with E-state index in [1.54, 1.807) is 0 Å². The van der Waals surface area contributed by atoms with Crippen LogP contribution in [-0.4, -0.2) is 47.4 Å². The number of rotatable bonds is 16. The van der Waals surface area contributed by atoms with E-state index in [2.05, 4.69) is 83.2 Å². The molecule has 0 rings (SSSR count). The molecule has 7 heteroatoms. The molecule has 0 aromatic heterocycles. The number of unbranched alkanes of at least 4 members (excludes halogenated alkanes) is 9. The third-order valence-electron chi connectivity index (χ3n) is 4.57. The first-order chi connectivity index (χ1) is 19.5.